The van der Waals surface area contributed by atoms with E-state index in [4.69, 9.17) is 4.42 Å². The molecule has 0 bridgehead atoms. The fourth-order valence-electron chi connectivity index (χ4n) is 3.78. The standard InChI is InChI=1S/C21H20F3N3O2/c1-14-25-17-8-7-16(11-18(17)29-14)26-19(28)20(21(22,23)24)9-10-27(13-20)12-15-5-3-2-4-6-15/h2-8,11H,9-10,12-13H2,1H3,(H,26,28). The molecular formula is C21H20F3N3O2. The molecule has 1 saturated heterocycles. The second-order valence-corrected chi connectivity index (χ2v) is 7.40. The number of aryl methyl sites for hydroxylation is 1. The Kier molecular flexibility index (Phi) is 4.82. The van der Waals surface area contributed by atoms with Crippen LogP contribution in [0.4, 0.5) is 18.9 Å². The summed E-state index contributed by atoms with van der Waals surface area (Å²) in [6.07, 6.45) is -4.94. The zero-order valence-electron chi connectivity index (χ0n) is 15.8. The van der Waals surface area contributed by atoms with E-state index in [0.717, 1.165) is 5.56 Å². The van der Waals surface area contributed by atoms with Crippen LogP contribution in [0.2, 0.25) is 0 Å². The lowest BCUT2D eigenvalue weighted by Gasteiger charge is -2.30. The summed E-state index contributed by atoms with van der Waals surface area (Å²) in [6.45, 7) is 1.87. The summed E-state index contributed by atoms with van der Waals surface area (Å²) >= 11 is 0. The van der Waals surface area contributed by atoms with Crippen molar-refractivity contribution in [3.63, 3.8) is 0 Å². The molecule has 3 aromatic rings. The van der Waals surface area contributed by atoms with E-state index >= 15 is 0 Å². The number of carbonyl (C=O) groups is 1. The number of rotatable bonds is 4. The number of nitrogens with one attached hydrogen (secondary N) is 1. The van der Waals surface area contributed by atoms with Crippen LogP contribution < -0.4 is 5.32 Å². The SMILES string of the molecule is Cc1nc2ccc(NC(=O)C3(C(F)(F)F)CCN(Cc4ccccc4)C3)cc2o1. The van der Waals surface area contributed by atoms with Gasteiger partial charge >= 0.3 is 6.18 Å². The Morgan fingerprint density at radius 3 is 2.72 bits per heavy atom. The molecule has 4 rings (SSSR count). The first-order chi connectivity index (χ1) is 13.8. The first-order valence-corrected chi connectivity index (χ1v) is 9.28. The van der Waals surface area contributed by atoms with Crippen LogP contribution in [-0.2, 0) is 11.3 Å². The molecule has 0 spiro atoms. The van der Waals surface area contributed by atoms with Crippen molar-refractivity contribution in [2.24, 2.45) is 5.41 Å². The summed E-state index contributed by atoms with van der Waals surface area (Å²) in [5.41, 5.74) is -0.283. The fraction of sp³-hybridized carbons (Fsp3) is 0.333. The number of fused-ring (bicyclic) bond motifs is 1. The molecule has 1 N–H and O–H groups in total. The lowest BCUT2D eigenvalue weighted by atomic mass is 9.85. The summed E-state index contributed by atoms with van der Waals surface area (Å²) in [5, 5.41) is 2.44. The molecular weight excluding hydrogens is 383 g/mol. The van der Waals surface area contributed by atoms with E-state index in [9.17, 15) is 18.0 Å². The molecule has 1 aliphatic rings. The van der Waals surface area contributed by atoms with Gasteiger partial charge in [-0.05, 0) is 30.7 Å². The Morgan fingerprint density at radius 2 is 2.00 bits per heavy atom. The van der Waals surface area contributed by atoms with Crippen molar-refractivity contribution < 1.29 is 22.4 Å². The van der Waals surface area contributed by atoms with Crippen molar-refractivity contribution in [1.82, 2.24) is 9.88 Å². The topological polar surface area (TPSA) is 58.4 Å². The number of anilines is 1. The lowest BCUT2D eigenvalue weighted by Crippen LogP contribution is -2.49. The number of carbonyl (C=O) groups excluding carboxylic acids is 1. The Labute approximate surface area is 165 Å². The molecule has 2 aromatic carbocycles. The third-order valence-corrected chi connectivity index (χ3v) is 5.33. The molecule has 0 aliphatic carbocycles. The maximum absolute atomic E-state index is 14.0. The van der Waals surface area contributed by atoms with Crippen LogP contribution in [-0.4, -0.2) is 35.1 Å². The summed E-state index contributed by atoms with van der Waals surface area (Å²) in [6, 6.07) is 13.9. The van der Waals surface area contributed by atoms with Crippen LogP contribution in [0.5, 0.6) is 0 Å². The number of likely N-dealkylation sites (tertiary alicyclic amines) is 1. The highest BCUT2D eigenvalue weighted by molar-refractivity contribution is 5.97. The molecule has 1 aromatic heterocycles. The average molecular weight is 403 g/mol. The van der Waals surface area contributed by atoms with Crippen LogP contribution in [0.1, 0.15) is 17.9 Å². The van der Waals surface area contributed by atoms with Crippen molar-refractivity contribution >= 4 is 22.7 Å². The zero-order chi connectivity index (χ0) is 20.6. The number of hydrogen-bond donors (Lipinski definition) is 1. The molecule has 2 heterocycles. The van der Waals surface area contributed by atoms with Gasteiger partial charge in [0.1, 0.15) is 5.52 Å². The fourth-order valence-corrected chi connectivity index (χ4v) is 3.78. The summed E-state index contributed by atoms with van der Waals surface area (Å²) in [4.78, 5) is 18.6. The first kappa shape index (κ1) is 19.4. The van der Waals surface area contributed by atoms with Crippen LogP contribution in [0, 0.1) is 12.3 Å². The van der Waals surface area contributed by atoms with Gasteiger partial charge in [0.15, 0.2) is 16.9 Å². The van der Waals surface area contributed by atoms with Gasteiger partial charge in [-0.2, -0.15) is 13.2 Å². The van der Waals surface area contributed by atoms with Crippen molar-refractivity contribution in [2.75, 3.05) is 18.4 Å². The molecule has 1 fully saturated rings. The van der Waals surface area contributed by atoms with Crippen molar-refractivity contribution in [3.8, 4) is 0 Å². The minimum Gasteiger partial charge on any atom is -0.441 e. The van der Waals surface area contributed by atoms with E-state index in [1.807, 2.05) is 30.3 Å². The van der Waals surface area contributed by atoms with E-state index in [1.54, 1.807) is 17.9 Å². The molecule has 1 amide bonds. The number of benzene rings is 2. The molecule has 5 nitrogen and oxygen atoms in total. The van der Waals surface area contributed by atoms with Gasteiger partial charge in [-0.25, -0.2) is 4.98 Å². The van der Waals surface area contributed by atoms with Gasteiger partial charge in [-0.1, -0.05) is 30.3 Å². The van der Waals surface area contributed by atoms with E-state index < -0.39 is 17.5 Å². The molecule has 152 valence electrons. The molecule has 8 heteroatoms. The average Bonchev–Trinajstić information content (AvgIpc) is 3.25. The monoisotopic (exact) mass is 403 g/mol. The van der Waals surface area contributed by atoms with Crippen molar-refractivity contribution in [1.29, 1.82) is 0 Å². The molecule has 0 radical (unpaired) electrons. The highest BCUT2D eigenvalue weighted by atomic mass is 19.4. The number of alkyl halides is 3. The summed E-state index contributed by atoms with van der Waals surface area (Å²) in [7, 11) is 0. The van der Waals surface area contributed by atoms with Crippen molar-refractivity contribution in [2.45, 2.75) is 26.1 Å². The normalized spacial score (nSPS) is 20.3. The largest absolute Gasteiger partial charge is 0.441 e. The smallest absolute Gasteiger partial charge is 0.404 e. The van der Waals surface area contributed by atoms with E-state index in [2.05, 4.69) is 10.3 Å². The Hall–Kier alpha value is -2.87. The van der Waals surface area contributed by atoms with Crippen LogP contribution in [0.3, 0.4) is 0 Å². The maximum atomic E-state index is 14.0. The minimum atomic E-state index is -4.66. The van der Waals surface area contributed by atoms with Gasteiger partial charge in [-0.15, -0.1) is 0 Å². The Morgan fingerprint density at radius 1 is 1.24 bits per heavy atom. The molecule has 1 aliphatic heterocycles. The number of nitrogens with zero attached hydrogens (tertiary/aromatic N) is 2. The van der Waals surface area contributed by atoms with E-state index in [0.29, 0.717) is 23.5 Å². The highest BCUT2D eigenvalue weighted by Gasteiger charge is 2.62. The summed E-state index contributed by atoms with van der Waals surface area (Å²) < 4.78 is 47.5. The molecule has 1 unspecified atom stereocenters. The first-order valence-electron chi connectivity index (χ1n) is 9.28. The maximum Gasteiger partial charge on any atom is 0.404 e. The second kappa shape index (κ2) is 7.18. The quantitative estimate of drug-likeness (QED) is 0.696. The van der Waals surface area contributed by atoms with E-state index in [-0.39, 0.29) is 25.2 Å². The number of amides is 1. The van der Waals surface area contributed by atoms with Gasteiger partial charge in [0.05, 0.1) is 0 Å². The number of hydrogen-bond acceptors (Lipinski definition) is 4. The Balaban J connectivity index is 1.55. The Bertz CT molecular complexity index is 1030. The highest BCUT2D eigenvalue weighted by Crippen LogP contribution is 2.46. The lowest BCUT2D eigenvalue weighted by molar-refractivity contribution is -0.215. The summed E-state index contributed by atoms with van der Waals surface area (Å²) in [5.74, 6) is -0.598. The van der Waals surface area contributed by atoms with Gasteiger partial charge in [-0.3, -0.25) is 9.69 Å². The second-order valence-electron chi connectivity index (χ2n) is 7.40. The van der Waals surface area contributed by atoms with E-state index in [1.165, 1.54) is 12.1 Å². The number of aromatic nitrogens is 1. The number of halogens is 3. The van der Waals surface area contributed by atoms with Gasteiger partial charge in [0.25, 0.3) is 0 Å². The molecule has 0 saturated carbocycles. The predicted molar refractivity (Wildman–Crippen MR) is 102 cm³/mol. The van der Waals surface area contributed by atoms with Crippen LogP contribution >= 0.6 is 0 Å². The third-order valence-electron chi connectivity index (χ3n) is 5.33. The van der Waals surface area contributed by atoms with Crippen LogP contribution in [0.25, 0.3) is 11.1 Å². The molecule has 29 heavy (non-hydrogen) atoms. The van der Waals surface area contributed by atoms with Crippen LogP contribution in [0.15, 0.2) is 52.9 Å². The molecule has 1 atom stereocenters. The number of oxazole rings is 1. The van der Waals surface area contributed by atoms with Gasteiger partial charge in [0, 0.05) is 31.8 Å². The predicted octanol–water partition coefficient (Wildman–Crippen LogP) is 4.53. The zero-order valence-corrected chi connectivity index (χ0v) is 15.8. The van der Waals surface area contributed by atoms with Gasteiger partial charge in [0.2, 0.25) is 5.91 Å². The van der Waals surface area contributed by atoms with Gasteiger partial charge < -0.3 is 9.73 Å². The minimum absolute atomic E-state index is 0.197. The third kappa shape index (κ3) is 3.72. The van der Waals surface area contributed by atoms with Crippen molar-refractivity contribution in [3.05, 3.63) is 60.0 Å².